The van der Waals surface area contributed by atoms with Crippen LogP contribution in [0.3, 0.4) is 0 Å². The molecule has 1 aromatic carbocycles. The molecule has 146 valence electrons. The topological polar surface area (TPSA) is 68.1 Å². The van der Waals surface area contributed by atoms with Crippen LogP contribution >= 0.6 is 0 Å². The van der Waals surface area contributed by atoms with Crippen molar-refractivity contribution in [2.75, 3.05) is 32.6 Å². The highest BCUT2D eigenvalue weighted by Crippen LogP contribution is 2.21. The number of ether oxygens (including phenoxy) is 1. The summed E-state index contributed by atoms with van der Waals surface area (Å²) >= 11 is 0. The molecule has 0 amide bonds. The summed E-state index contributed by atoms with van der Waals surface area (Å²) in [7, 11) is 3.86. The number of nitrogens with one attached hydrogen (secondary N) is 1. The fourth-order valence-corrected chi connectivity index (χ4v) is 3.65. The average molecular weight is 378 g/mol. The van der Waals surface area contributed by atoms with E-state index in [0.29, 0.717) is 12.0 Å². The molecular weight excluding hydrogens is 352 g/mol. The van der Waals surface area contributed by atoms with Crippen LogP contribution in [-0.4, -0.2) is 57.9 Å². The third-order valence-electron chi connectivity index (χ3n) is 5.28. The Bertz CT molecular complexity index is 925. The standard InChI is InChI=1S/C21H26N6O/c1-26-12-4-6-17(26)8-10-22-21-23-11-9-20(25-21)16-14-24-27(15-16)18-5-3-7-19(13-18)28-2/h3,5,7,9,11,13-15,17H,4,6,8,10,12H2,1-2H3,(H,22,23,25)/t17-/m0/s1. The minimum atomic E-state index is 0.660. The van der Waals surface area contributed by atoms with Crippen molar-refractivity contribution < 1.29 is 4.74 Å². The van der Waals surface area contributed by atoms with Crippen molar-refractivity contribution in [3.05, 3.63) is 48.9 Å². The molecule has 28 heavy (non-hydrogen) atoms. The lowest BCUT2D eigenvalue weighted by Gasteiger charge is -2.19. The molecule has 7 heteroatoms. The van der Waals surface area contributed by atoms with Crippen LogP contribution in [0.25, 0.3) is 16.9 Å². The van der Waals surface area contributed by atoms with Crippen molar-refractivity contribution in [3.63, 3.8) is 0 Å². The van der Waals surface area contributed by atoms with Gasteiger partial charge >= 0.3 is 0 Å². The Morgan fingerprint density at radius 2 is 2.21 bits per heavy atom. The van der Waals surface area contributed by atoms with Crippen molar-refractivity contribution >= 4 is 5.95 Å². The first-order chi connectivity index (χ1) is 13.7. The van der Waals surface area contributed by atoms with Crippen molar-refractivity contribution in [2.24, 2.45) is 0 Å². The molecule has 7 nitrogen and oxygen atoms in total. The number of benzene rings is 1. The summed E-state index contributed by atoms with van der Waals surface area (Å²) in [5.41, 5.74) is 2.74. The third kappa shape index (κ3) is 4.14. The van der Waals surface area contributed by atoms with Gasteiger partial charge in [0, 0.05) is 36.6 Å². The fraction of sp³-hybridized carbons (Fsp3) is 0.381. The first kappa shape index (κ1) is 18.4. The van der Waals surface area contributed by atoms with E-state index in [1.807, 2.05) is 47.4 Å². The Labute approximate surface area is 165 Å². The van der Waals surface area contributed by atoms with Gasteiger partial charge in [0.2, 0.25) is 5.95 Å². The molecule has 3 heterocycles. The minimum Gasteiger partial charge on any atom is -0.497 e. The summed E-state index contributed by atoms with van der Waals surface area (Å²) < 4.78 is 7.11. The lowest BCUT2D eigenvalue weighted by Crippen LogP contribution is -2.27. The van der Waals surface area contributed by atoms with Gasteiger partial charge in [-0.25, -0.2) is 14.6 Å². The Morgan fingerprint density at radius 3 is 3.04 bits per heavy atom. The van der Waals surface area contributed by atoms with Crippen LogP contribution < -0.4 is 10.1 Å². The largest absolute Gasteiger partial charge is 0.497 e. The number of hydrogen-bond donors (Lipinski definition) is 1. The Hall–Kier alpha value is -2.93. The molecule has 2 aromatic heterocycles. The molecule has 1 fully saturated rings. The van der Waals surface area contributed by atoms with Crippen LogP contribution in [0, 0.1) is 0 Å². The molecule has 0 unspecified atom stereocenters. The molecule has 1 atom stereocenters. The molecule has 0 radical (unpaired) electrons. The van der Waals surface area contributed by atoms with E-state index in [-0.39, 0.29) is 0 Å². The zero-order valence-corrected chi connectivity index (χ0v) is 16.4. The molecule has 1 saturated heterocycles. The second kappa shape index (κ2) is 8.39. The molecule has 4 rings (SSSR count). The first-order valence-electron chi connectivity index (χ1n) is 9.69. The quantitative estimate of drug-likeness (QED) is 0.681. The van der Waals surface area contributed by atoms with E-state index < -0.39 is 0 Å². The van der Waals surface area contributed by atoms with Gasteiger partial charge in [-0.05, 0) is 51.1 Å². The summed E-state index contributed by atoms with van der Waals surface area (Å²) in [6.45, 7) is 2.08. The molecule has 3 aromatic rings. The highest BCUT2D eigenvalue weighted by Gasteiger charge is 2.20. The van der Waals surface area contributed by atoms with Gasteiger partial charge in [0.1, 0.15) is 5.75 Å². The SMILES string of the molecule is COc1cccc(-n2cc(-c3ccnc(NCC[C@@H]4CCCN4C)n3)cn2)c1. The summed E-state index contributed by atoms with van der Waals surface area (Å²) in [6, 6.07) is 10.4. The number of rotatable bonds is 7. The van der Waals surface area contributed by atoms with Crippen LogP contribution in [0.15, 0.2) is 48.9 Å². The molecule has 0 spiro atoms. The molecule has 0 bridgehead atoms. The smallest absolute Gasteiger partial charge is 0.223 e. The summed E-state index contributed by atoms with van der Waals surface area (Å²) in [5.74, 6) is 1.46. The van der Waals surface area contributed by atoms with Gasteiger partial charge in [-0.2, -0.15) is 5.10 Å². The monoisotopic (exact) mass is 378 g/mol. The van der Waals surface area contributed by atoms with Gasteiger partial charge in [0.25, 0.3) is 0 Å². The molecule has 0 aliphatic carbocycles. The lowest BCUT2D eigenvalue weighted by molar-refractivity contribution is 0.301. The Balaban J connectivity index is 1.43. The van der Waals surface area contributed by atoms with E-state index in [4.69, 9.17) is 4.74 Å². The maximum atomic E-state index is 5.29. The van der Waals surface area contributed by atoms with Gasteiger partial charge < -0.3 is 15.0 Å². The first-order valence-corrected chi connectivity index (χ1v) is 9.69. The van der Waals surface area contributed by atoms with Crippen LogP contribution in [0.4, 0.5) is 5.95 Å². The highest BCUT2D eigenvalue weighted by molar-refractivity contribution is 5.59. The number of anilines is 1. The van der Waals surface area contributed by atoms with E-state index in [9.17, 15) is 0 Å². The predicted octanol–water partition coefficient (Wildman–Crippen LogP) is 3.23. The van der Waals surface area contributed by atoms with Crippen molar-refractivity contribution in [1.82, 2.24) is 24.6 Å². The van der Waals surface area contributed by atoms with Crippen LogP contribution in [0.5, 0.6) is 5.75 Å². The van der Waals surface area contributed by atoms with E-state index in [0.717, 1.165) is 35.7 Å². The van der Waals surface area contributed by atoms with Crippen LogP contribution in [0.1, 0.15) is 19.3 Å². The Morgan fingerprint density at radius 1 is 1.29 bits per heavy atom. The van der Waals surface area contributed by atoms with Crippen LogP contribution in [0.2, 0.25) is 0 Å². The molecule has 0 saturated carbocycles. The van der Waals surface area contributed by atoms with Gasteiger partial charge in [0.15, 0.2) is 0 Å². The summed E-state index contributed by atoms with van der Waals surface area (Å²) in [6.07, 6.45) is 9.26. The number of methoxy groups -OCH3 is 1. The molecule has 1 aliphatic heterocycles. The maximum absolute atomic E-state index is 5.29. The van der Waals surface area contributed by atoms with E-state index in [1.165, 1.54) is 19.4 Å². The highest BCUT2D eigenvalue weighted by atomic mass is 16.5. The van der Waals surface area contributed by atoms with E-state index in [2.05, 4.69) is 32.3 Å². The van der Waals surface area contributed by atoms with Crippen molar-refractivity contribution in [2.45, 2.75) is 25.3 Å². The van der Waals surface area contributed by atoms with E-state index >= 15 is 0 Å². The predicted molar refractivity (Wildman–Crippen MR) is 110 cm³/mol. The summed E-state index contributed by atoms with van der Waals surface area (Å²) in [5, 5.41) is 7.83. The van der Waals surface area contributed by atoms with Gasteiger partial charge in [-0.1, -0.05) is 6.07 Å². The zero-order chi connectivity index (χ0) is 19.3. The number of likely N-dealkylation sites (tertiary alicyclic amines) is 1. The van der Waals surface area contributed by atoms with Crippen LogP contribution in [-0.2, 0) is 0 Å². The third-order valence-corrected chi connectivity index (χ3v) is 5.28. The fourth-order valence-electron chi connectivity index (χ4n) is 3.65. The number of aromatic nitrogens is 4. The van der Waals surface area contributed by atoms with Gasteiger partial charge in [-0.15, -0.1) is 0 Å². The summed E-state index contributed by atoms with van der Waals surface area (Å²) in [4.78, 5) is 11.4. The molecular formula is C21H26N6O. The maximum Gasteiger partial charge on any atom is 0.223 e. The van der Waals surface area contributed by atoms with Gasteiger partial charge in [0.05, 0.1) is 24.7 Å². The molecule has 1 N–H and O–H groups in total. The van der Waals surface area contributed by atoms with E-state index in [1.54, 1.807) is 13.3 Å². The zero-order valence-electron chi connectivity index (χ0n) is 16.4. The molecule has 1 aliphatic rings. The minimum absolute atomic E-state index is 0.660. The second-order valence-electron chi connectivity index (χ2n) is 7.13. The van der Waals surface area contributed by atoms with Crippen molar-refractivity contribution in [3.8, 4) is 22.7 Å². The number of hydrogen-bond acceptors (Lipinski definition) is 6. The number of nitrogens with zero attached hydrogens (tertiary/aromatic N) is 5. The normalized spacial score (nSPS) is 17.0. The van der Waals surface area contributed by atoms with Crippen molar-refractivity contribution in [1.29, 1.82) is 0 Å². The Kier molecular flexibility index (Phi) is 5.53. The second-order valence-corrected chi connectivity index (χ2v) is 7.13. The average Bonchev–Trinajstić information content (AvgIpc) is 3.38. The lowest BCUT2D eigenvalue weighted by atomic mass is 10.1. The van der Waals surface area contributed by atoms with Gasteiger partial charge in [-0.3, -0.25) is 0 Å².